The molecular weight excluding hydrogens is 222 g/mol. The monoisotopic (exact) mass is 233 g/mol. The lowest BCUT2D eigenvalue weighted by atomic mass is 10.1. The molecule has 2 aromatic heterocycles. The minimum atomic E-state index is 0.502. The van der Waals surface area contributed by atoms with Crippen molar-refractivity contribution in [2.75, 3.05) is 0 Å². The van der Waals surface area contributed by atoms with Gasteiger partial charge < -0.3 is 4.52 Å². The SMILES string of the molecule is CC(C)Cc1noc(-c2ccc(C#N)s2)n1. The molecule has 0 aliphatic rings. The van der Waals surface area contributed by atoms with Crippen LogP contribution >= 0.6 is 11.3 Å². The summed E-state index contributed by atoms with van der Waals surface area (Å²) in [7, 11) is 0. The summed E-state index contributed by atoms with van der Waals surface area (Å²) in [5.74, 6) is 1.72. The fourth-order valence-electron chi connectivity index (χ4n) is 1.32. The zero-order valence-electron chi connectivity index (χ0n) is 9.10. The van der Waals surface area contributed by atoms with Crippen LogP contribution in [-0.2, 0) is 6.42 Å². The van der Waals surface area contributed by atoms with E-state index in [9.17, 15) is 0 Å². The van der Waals surface area contributed by atoms with E-state index in [2.05, 4.69) is 30.1 Å². The first kappa shape index (κ1) is 10.8. The molecule has 82 valence electrons. The third-order valence-electron chi connectivity index (χ3n) is 1.99. The minimum absolute atomic E-state index is 0.502. The molecule has 0 N–H and O–H groups in total. The molecule has 0 saturated heterocycles. The molecule has 0 aromatic carbocycles. The molecule has 0 aliphatic heterocycles. The van der Waals surface area contributed by atoms with Crippen LogP contribution in [0.3, 0.4) is 0 Å². The lowest BCUT2D eigenvalue weighted by Crippen LogP contribution is -1.95. The highest BCUT2D eigenvalue weighted by Gasteiger charge is 2.11. The van der Waals surface area contributed by atoms with E-state index >= 15 is 0 Å². The molecule has 0 atom stereocenters. The van der Waals surface area contributed by atoms with Crippen LogP contribution in [0.15, 0.2) is 16.7 Å². The van der Waals surface area contributed by atoms with Crippen molar-refractivity contribution in [3.63, 3.8) is 0 Å². The Morgan fingerprint density at radius 2 is 2.31 bits per heavy atom. The third-order valence-corrected chi connectivity index (χ3v) is 2.96. The quantitative estimate of drug-likeness (QED) is 0.817. The van der Waals surface area contributed by atoms with Crippen molar-refractivity contribution in [3.05, 3.63) is 22.8 Å². The van der Waals surface area contributed by atoms with Gasteiger partial charge in [-0.3, -0.25) is 0 Å². The molecule has 0 amide bonds. The highest BCUT2D eigenvalue weighted by atomic mass is 32.1. The van der Waals surface area contributed by atoms with Crippen LogP contribution in [-0.4, -0.2) is 10.1 Å². The number of hydrogen-bond donors (Lipinski definition) is 0. The molecule has 0 radical (unpaired) electrons. The second kappa shape index (κ2) is 4.45. The highest BCUT2D eigenvalue weighted by molar-refractivity contribution is 7.15. The van der Waals surface area contributed by atoms with Crippen molar-refractivity contribution in [2.24, 2.45) is 5.92 Å². The van der Waals surface area contributed by atoms with E-state index in [-0.39, 0.29) is 0 Å². The number of nitrogens with zero attached hydrogens (tertiary/aromatic N) is 3. The summed E-state index contributed by atoms with van der Waals surface area (Å²) in [6.07, 6.45) is 0.806. The minimum Gasteiger partial charge on any atom is -0.333 e. The van der Waals surface area contributed by atoms with Crippen molar-refractivity contribution >= 4 is 11.3 Å². The van der Waals surface area contributed by atoms with Gasteiger partial charge in [0.15, 0.2) is 5.82 Å². The summed E-state index contributed by atoms with van der Waals surface area (Å²) in [5.41, 5.74) is 0. The highest BCUT2D eigenvalue weighted by Crippen LogP contribution is 2.26. The van der Waals surface area contributed by atoms with E-state index in [1.165, 1.54) is 11.3 Å². The number of thiophene rings is 1. The smallest absolute Gasteiger partial charge is 0.268 e. The van der Waals surface area contributed by atoms with Gasteiger partial charge in [0.2, 0.25) is 0 Å². The van der Waals surface area contributed by atoms with Crippen LogP contribution in [0, 0.1) is 17.2 Å². The van der Waals surface area contributed by atoms with Gasteiger partial charge >= 0.3 is 0 Å². The Morgan fingerprint density at radius 3 is 2.94 bits per heavy atom. The average Bonchev–Trinajstić information content (AvgIpc) is 2.83. The molecule has 0 bridgehead atoms. The Balaban J connectivity index is 2.21. The van der Waals surface area contributed by atoms with Gasteiger partial charge in [-0.2, -0.15) is 10.2 Å². The Labute approximate surface area is 97.5 Å². The molecule has 2 heterocycles. The lowest BCUT2D eigenvalue weighted by Gasteiger charge is -1.95. The van der Waals surface area contributed by atoms with Gasteiger partial charge in [-0.15, -0.1) is 11.3 Å². The van der Waals surface area contributed by atoms with E-state index in [1.54, 1.807) is 6.07 Å². The summed E-state index contributed by atoms with van der Waals surface area (Å²) < 4.78 is 5.15. The van der Waals surface area contributed by atoms with Crippen LogP contribution in [0.5, 0.6) is 0 Å². The van der Waals surface area contributed by atoms with E-state index < -0.39 is 0 Å². The van der Waals surface area contributed by atoms with Crippen LogP contribution in [0.1, 0.15) is 24.5 Å². The molecule has 0 aliphatic carbocycles. The number of hydrogen-bond acceptors (Lipinski definition) is 5. The second-order valence-electron chi connectivity index (χ2n) is 3.89. The Bertz CT molecular complexity index is 521. The van der Waals surface area contributed by atoms with E-state index in [0.29, 0.717) is 16.7 Å². The summed E-state index contributed by atoms with van der Waals surface area (Å²) in [5, 5.41) is 12.6. The van der Waals surface area contributed by atoms with Crippen molar-refractivity contribution in [1.82, 2.24) is 10.1 Å². The Hall–Kier alpha value is -1.67. The van der Waals surface area contributed by atoms with Gasteiger partial charge in [0, 0.05) is 6.42 Å². The number of nitriles is 1. The predicted molar refractivity (Wildman–Crippen MR) is 60.9 cm³/mol. The second-order valence-corrected chi connectivity index (χ2v) is 4.97. The summed E-state index contributed by atoms with van der Waals surface area (Å²) in [4.78, 5) is 5.79. The van der Waals surface area contributed by atoms with Crippen molar-refractivity contribution in [2.45, 2.75) is 20.3 Å². The van der Waals surface area contributed by atoms with Gasteiger partial charge in [-0.05, 0) is 18.1 Å². The molecule has 2 aromatic rings. The number of aromatic nitrogens is 2. The maximum atomic E-state index is 8.72. The first-order chi connectivity index (χ1) is 7.69. The van der Waals surface area contributed by atoms with Crippen LogP contribution in [0.2, 0.25) is 0 Å². The Kier molecular flexibility index (Phi) is 3.02. The first-order valence-electron chi connectivity index (χ1n) is 5.02. The average molecular weight is 233 g/mol. The van der Waals surface area contributed by atoms with E-state index in [0.717, 1.165) is 17.1 Å². The standard InChI is InChI=1S/C11H11N3OS/c1-7(2)5-10-13-11(15-14-10)9-4-3-8(6-12)16-9/h3-4,7H,5H2,1-2H3. The predicted octanol–water partition coefficient (Wildman–Crippen LogP) is 2.87. The maximum Gasteiger partial charge on any atom is 0.268 e. The maximum absolute atomic E-state index is 8.72. The largest absolute Gasteiger partial charge is 0.333 e. The molecule has 0 fully saturated rings. The zero-order chi connectivity index (χ0) is 11.5. The lowest BCUT2D eigenvalue weighted by molar-refractivity contribution is 0.418. The molecule has 0 unspecified atom stereocenters. The molecule has 0 spiro atoms. The summed E-state index contributed by atoms with van der Waals surface area (Å²) >= 11 is 1.36. The van der Waals surface area contributed by atoms with Crippen molar-refractivity contribution < 1.29 is 4.52 Å². The molecular formula is C11H11N3OS. The van der Waals surface area contributed by atoms with Crippen molar-refractivity contribution in [3.8, 4) is 16.8 Å². The molecule has 0 saturated carbocycles. The van der Waals surface area contributed by atoms with E-state index in [1.807, 2.05) is 6.07 Å². The van der Waals surface area contributed by atoms with Crippen LogP contribution < -0.4 is 0 Å². The van der Waals surface area contributed by atoms with Gasteiger partial charge in [0.05, 0.1) is 4.88 Å². The zero-order valence-corrected chi connectivity index (χ0v) is 9.91. The fraction of sp³-hybridized carbons (Fsp3) is 0.364. The van der Waals surface area contributed by atoms with Crippen LogP contribution in [0.25, 0.3) is 10.8 Å². The van der Waals surface area contributed by atoms with Crippen LogP contribution in [0.4, 0.5) is 0 Å². The topological polar surface area (TPSA) is 62.7 Å². The summed E-state index contributed by atoms with van der Waals surface area (Å²) in [6, 6.07) is 5.67. The molecule has 4 nitrogen and oxygen atoms in total. The van der Waals surface area contributed by atoms with Gasteiger partial charge in [0.25, 0.3) is 5.89 Å². The van der Waals surface area contributed by atoms with E-state index in [4.69, 9.17) is 9.78 Å². The van der Waals surface area contributed by atoms with Crippen molar-refractivity contribution in [1.29, 1.82) is 5.26 Å². The third kappa shape index (κ3) is 2.28. The molecule has 5 heteroatoms. The molecule has 16 heavy (non-hydrogen) atoms. The normalized spacial score (nSPS) is 10.6. The molecule has 2 rings (SSSR count). The first-order valence-corrected chi connectivity index (χ1v) is 5.83. The van der Waals surface area contributed by atoms with Gasteiger partial charge in [0.1, 0.15) is 10.9 Å². The summed E-state index contributed by atoms with van der Waals surface area (Å²) in [6.45, 7) is 4.21. The van der Waals surface area contributed by atoms with Gasteiger partial charge in [-0.25, -0.2) is 0 Å². The number of rotatable bonds is 3. The Morgan fingerprint density at radius 1 is 1.50 bits per heavy atom. The fourth-order valence-corrected chi connectivity index (χ4v) is 2.04. The van der Waals surface area contributed by atoms with Gasteiger partial charge in [-0.1, -0.05) is 19.0 Å².